The molecule has 0 aliphatic rings. The lowest BCUT2D eigenvalue weighted by Gasteiger charge is -1.95. The number of carboxylic acid groups (broad SMARTS) is 1. The van der Waals surface area contributed by atoms with Crippen LogP contribution in [0.5, 0.6) is 0 Å². The van der Waals surface area contributed by atoms with Crippen molar-refractivity contribution in [3.05, 3.63) is 0 Å². The second-order valence-corrected chi connectivity index (χ2v) is 2.14. The van der Waals surface area contributed by atoms with Gasteiger partial charge in [0, 0.05) is 0 Å². The molecule has 0 rings (SSSR count). The summed E-state index contributed by atoms with van der Waals surface area (Å²) in [6.07, 6.45) is -1.18. The second kappa shape index (κ2) is 6.36. The average Bonchev–Trinajstić information content (AvgIpc) is 1.63. The van der Waals surface area contributed by atoms with E-state index in [9.17, 15) is 4.79 Å². The Hall–Kier alpha value is -0.760. The van der Waals surface area contributed by atoms with E-state index in [4.69, 9.17) is 10.5 Å². The summed E-state index contributed by atoms with van der Waals surface area (Å²) < 4.78 is 0.472. The maximum atomic E-state index is 9.47. The molecular weight excluding hydrogens is 176 g/mol. The van der Waals surface area contributed by atoms with Gasteiger partial charge in [-0.05, 0) is 25.6 Å². The lowest BCUT2D eigenvalue weighted by molar-refractivity contribution is 0.191. The van der Waals surface area contributed by atoms with Crippen LogP contribution in [-0.4, -0.2) is 20.9 Å². The Morgan fingerprint density at radius 3 is 1.60 bits per heavy atom. The summed E-state index contributed by atoms with van der Waals surface area (Å²) in [5.41, 5.74) is 8.94. The molecule has 0 atom stereocenters. The number of thiol groups is 2. The first-order chi connectivity index (χ1) is 4.37. The van der Waals surface area contributed by atoms with E-state index in [2.05, 4.69) is 37.1 Å². The van der Waals surface area contributed by atoms with Crippen LogP contribution in [0.15, 0.2) is 0 Å². The molecule has 60 valence electrons. The first-order valence-corrected chi connectivity index (χ1v) is 2.68. The minimum atomic E-state index is -1.18. The van der Waals surface area contributed by atoms with E-state index in [1.165, 1.54) is 0 Å². The van der Waals surface area contributed by atoms with Gasteiger partial charge in [0.2, 0.25) is 0 Å². The fourth-order valence-electron chi connectivity index (χ4n) is 0. The van der Waals surface area contributed by atoms with Crippen LogP contribution in [0.2, 0.25) is 0 Å². The van der Waals surface area contributed by atoms with Crippen molar-refractivity contribution in [2.24, 2.45) is 11.5 Å². The predicted molar refractivity (Wildman–Crippen MR) is 43.9 cm³/mol. The van der Waals surface area contributed by atoms with Gasteiger partial charge in [0.05, 0.1) is 0 Å². The molecule has 0 aliphatic heterocycles. The lowest BCUT2D eigenvalue weighted by Crippen LogP contribution is -2.20. The van der Waals surface area contributed by atoms with Crippen LogP contribution in [0, 0.1) is 5.41 Å². The Balaban J connectivity index is 0. The van der Waals surface area contributed by atoms with E-state index < -0.39 is 6.09 Å². The molecule has 0 fully saturated rings. The van der Waals surface area contributed by atoms with E-state index in [0.29, 0.717) is 3.71 Å². The van der Waals surface area contributed by atoms with Crippen LogP contribution in [0.3, 0.4) is 0 Å². The van der Waals surface area contributed by atoms with Gasteiger partial charge in [0.25, 0.3) is 0 Å². The smallest absolute Gasteiger partial charge is 0.427 e. The zero-order valence-corrected chi connectivity index (χ0v) is 6.64. The number of rotatable bonds is 0. The van der Waals surface area contributed by atoms with Gasteiger partial charge in [-0.3, -0.25) is 5.41 Å². The van der Waals surface area contributed by atoms with Crippen LogP contribution in [0.25, 0.3) is 0 Å². The largest absolute Gasteiger partial charge is 0.464 e. The number of hydrogen-bond donors (Lipinski definition) is 6. The highest BCUT2D eigenvalue weighted by Crippen LogP contribution is 1.94. The SMILES string of the molecule is N=C(N)N.O=C(O)N(S)S. The highest BCUT2D eigenvalue weighted by atomic mass is 32.2. The Bertz CT molecular complexity index is 122. The first-order valence-electron chi connectivity index (χ1n) is 1.88. The van der Waals surface area contributed by atoms with Crippen molar-refractivity contribution in [3.8, 4) is 0 Å². The number of amides is 1. The van der Waals surface area contributed by atoms with Gasteiger partial charge in [-0.2, -0.15) is 3.71 Å². The Morgan fingerprint density at radius 1 is 1.50 bits per heavy atom. The number of nitrogens with one attached hydrogen (secondary N) is 1. The Labute approximate surface area is 68.8 Å². The highest BCUT2D eigenvalue weighted by molar-refractivity contribution is 7.94. The minimum Gasteiger partial charge on any atom is -0.464 e. The maximum Gasteiger partial charge on any atom is 0.427 e. The number of nitrogens with zero attached hydrogens (tertiary/aromatic N) is 1. The first kappa shape index (κ1) is 12.0. The predicted octanol–water partition coefficient (Wildman–Crippen LogP) is -0.505. The van der Waals surface area contributed by atoms with E-state index >= 15 is 0 Å². The lowest BCUT2D eigenvalue weighted by atomic mass is 11.1. The standard InChI is InChI=1S/CH5N3.CH3NO2S2/c2-1(3)4;3-1(4)2(5)6/h(H5,2,3,4);5-6H,(H,3,4). The molecule has 10 heavy (non-hydrogen) atoms. The molecule has 0 spiro atoms. The molecule has 0 saturated heterocycles. The van der Waals surface area contributed by atoms with Crippen LogP contribution < -0.4 is 11.5 Å². The van der Waals surface area contributed by atoms with Crippen molar-refractivity contribution in [1.29, 1.82) is 5.41 Å². The second-order valence-electron chi connectivity index (χ2n) is 1.03. The topological polar surface area (TPSA) is 116 Å². The summed E-state index contributed by atoms with van der Waals surface area (Å²) in [4.78, 5) is 9.47. The third-order valence-corrected chi connectivity index (χ3v) is 0.513. The van der Waals surface area contributed by atoms with E-state index in [1.54, 1.807) is 0 Å². The molecule has 0 aromatic carbocycles. The third kappa shape index (κ3) is 26.9. The number of carbonyl (C=O) groups is 1. The molecule has 8 heteroatoms. The summed E-state index contributed by atoms with van der Waals surface area (Å²) in [7, 11) is 0. The fraction of sp³-hybridized carbons (Fsp3) is 0. The van der Waals surface area contributed by atoms with Gasteiger partial charge < -0.3 is 16.6 Å². The molecule has 0 bridgehead atoms. The Kier molecular flexibility index (Phi) is 7.61. The number of nitrogens with two attached hydrogens (primary N) is 2. The maximum absolute atomic E-state index is 9.47. The summed E-state index contributed by atoms with van der Waals surface area (Å²) in [5.74, 6) is -0.333. The Morgan fingerprint density at radius 2 is 1.60 bits per heavy atom. The zero-order valence-electron chi connectivity index (χ0n) is 4.85. The summed E-state index contributed by atoms with van der Waals surface area (Å²) >= 11 is 6.58. The van der Waals surface area contributed by atoms with Gasteiger partial charge in [0.15, 0.2) is 5.96 Å². The molecule has 0 aliphatic carbocycles. The molecular formula is C2H8N4O2S2. The fourth-order valence-corrected chi connectivity index (χ4v) is 0. The minimum absolute atomic E-state index is 0.333. The van der Waals surface area contributed by atoms with Crippen molar-refractivity contribution in [3.63, 3.8) is 0 Å². The van der Waals surface area contributed by atoms with Crippen molar-refractivity contribution >= 4 is 37.7 Å². The van der Waals surface area contributed by atoms with E-state index in [-0.39, 0.29) is 5.96 Å². The van der Waals surface area contributed by atoms with Crippen molar-refractivity contribution in [1.82, 2.24) is 3.71 Å². The van der Waals surface area contributed by atoms with Crippen molar-refractivity contribution < 1.29 is 9.90 Å². The quantitative estimate of drug-likeness (QED) is 0.173. The van der Waals surface area contributed by atoms with Crippen LogP contribution in [0.1, 0.15) is 0 Å². The summed E-state index contributed by atoms with van der Waals surface area (Å²) in [6.45, 7) is 0. The van der Waals surface area contributed by atoms with Crippen molar-refractivity contribution in [2.45, 2.75) is 0 Å². The van der Waals surface area contributed by atoms with Gasteiger partial charge in [-0.25, -0.2) is 4.79 Å². The summed E-state index contributed by atoms with van der Waals surface area (Å²) in [5, 5.41) is 13.8. The average molecular weight is 184 g/mol. The van der Waals surface area contributed by atoms with Crippen LogP contribution in [-0.2, 0) is 0 Å². The van der Waals surface area contributed by atoms with E-state index in [0.717, 1.165) is 0 Å². The van der Waals surface area contributed by atoms with Gasteiger partial charge in [0.1, 0.15) is 0 Å². The molecule has 1 amide bonds. The molecule has 0 aromatic rings. The van der Waals surface area contributed by atoms with Crippen molar-refractivity contribution in [2.75, 3.05) is 0 Å². The van der Waals surface area contributed by atoms with Gasteiger partial charge in [-0.15, -0.1) is 0 Å². The monoisotopic (exact) mass is 184 g/mol. The molecule has 0 saturated carbocycles. The molecule has 0 unspecified atom stereocenters. The molecule has 6 N–H and O–H groups in total. The van der Waals surface area contributed by atoms with Crippen LogP contribution in [0.4, 0.5) is 4.79 Å². The highest BCUT2D eigenvalue weighted by Gasteiger charge is 1.95. The molecule has 0 heterocycles. The van der Waals surface area contributed by atoms with Crippen LogP contribution >= 0.6 is 25.6 Å². The van der Waals surface area contributed by atoms with E-state index in [1.807, 2.05) is 0 Å². The number of guanidine groups is 1. The molecule has 6 nitrogen and oxygen atoms in total. The normalized spacial score (nSPS) is 7.00. The van der Waals surface area contributed by atoms with Gasteiger partial charge in [-0.1, -0.05) is 0 Å². The summed E-state index contributed by atoms with van der Waals surface area (Å²) in [6, 6.07) is 0. The number of hydrogen-bond acceptors (Lipinski definition) is 4. The molecule has 0 radical (unpaired) electrons. The third-order valence-electron chi connectivity index (χ3n) is 0.171. The molecule has 0 aromatic heterocycles. The van der Waals surface area contributed by atoms with Gasteiger partial charge >= 0.3 is 6.09 Å². The zero-order chi connectivity index (χ0) is 8.73.